The molecule has 1 aliphatic rings. The second-order valence-electron chi connectivity index (χ2n) is 4.77. The minimum atomic E-state index is -0.853. The molecule has 7 heteroatoms. The Kier molecular flexibility index (Phi) is 5.80. The van der Waals surface area contributed by atoms with E-state index in [9.17, 15) is 4.39 Å². The lowest BCUT2D eigenvalue weighted by Gasteiger charge is -2.29. The van der Waals surface area contributed by atoms with E-state index in [1.165, 1.54) is 7.11 Å². The molecule has 0 aliphatic carbocycles. The van der Waals surface area contributed by atoms with E-state index < -0.39 is 18.8 Å². The SMILES string of the molecule is CO[C@H](c1ccc(N2CCOCC2)cc1)[C@@H](CF)N=[N+]=[N-]. The Morgan fingerprint density at radius 1 is 1.38 bits per heavy atom. The summed E-state index contributed by atoms with van der Waals surface area (Å²) in [6, 6.07) is 6.85. The van der Waals surface area contributed by atoms with Crippen LogP contribution in [0.4, 0.5) is 10.1 Å². The molecule has 0 amide bonds. The van der Waals surface area contributed by atoms with Gasteiger partial charge in [0, 0.05) is 30.8 Å². The van der Waals surface area contributed by atoms with Gasteiger partial charge in [-0.3, -0.25) is 4.39 Å². The van der Waals surface area contributed by atoms with Crippen LogP contribution in [0.5, 0.6) is 0 Å². The van der Waals surface area contributed by atoms with Crippen LogP contribution >= 0.6 is 0 Å². The predicted molar refractivity (Wildman–Crippen MR) is 78.1 cm³/mol. The largest absolute Gasteiger partial charge is 0.378 e. The maximum Gasteiger partial charge on any atom is 0.101 e. The first-order chi connectivity index (χ1) is 10.3. The number of alkyl halides is 1. The molecule has 1 aliphatic heterocycles. The van der Waals surface area contributed by atoms with Crippen LogP contribution in [-0.4, -0.2) is 46.1 Å². The van der Waals surface area contributed by atoms with Gasteiger partial charge < -0.3 is 14.4 Å². The average molecular weight is 294 g/mol. The van der Waals surface area contributed by atoms with Gasteiger partial charge in [-0.15, -0.1) is 0 Å². The van der Waals surface area contributed by atoms with Crippen molar-refractivity contribution in [3.05, 3.63) is 40.3 Å². The van der Waals surface area contributed by atoms with Crippen LogP contribution in [0.25, 0.3) is 10.4 Å². The summed E-state index contributed by atoms with van der Waals surface area (Å²) in [5, 5.41) is 3.46. The number of nitrogens with zero attached hydrogens (tertiary/aromatic N) is 4. The molecule has 1 aromatic rings. The van der Waals surface area contributed by atoms with Gasteiger partial charge in [-0.05, 0) is 23.2 Å². The molecule has 0 saturated carbocycles. The van der Waals surface area contributed by atoms with Crippen LogP contribution in [0.1, 0.15) is 11.7 Å². The Morgan fingerprint density at radius 2 is 2.05 bits per heavy atom. The molecule has 1 heterocycles. The Hall–Kier alpha value is -1.82. The number of halogens is 1. The number of hydrogen-bond donors (Lipinski definition) is 0. The average Bonchev–Trinajstić information content (AvgIpc) is 2.56. The van der Waals surface area contributed by atoms with Crippen LogP contribution in [0, 0.1) is 0 Å². The van der Waals surface area contributed by atoms with Gasteiger partial charge >= 0.3 is 0 Å². The quantitative estimate of drug-likeness (QED) is 0.460. The van der Waals surface area contributed by atoms with Gasteiger partial charge in [0.15, 0.2) is 0 Å². The summed E-state index contributed by atoms with van der Waals surface area (Å²) in [6.45, 7) is 2.41. The fourth-order valence-corrected chi connectivity index (χ4v) is 2.45. The molecule has 0 N–H and O–H groups in total. The molecule has 1 saturated heterocycles. The molecule has 1 fully saturated rings. The molecule has 0 aromatic heterocycles. The third kappa shape index (κ3) is 3.85. The highest BCUT2D eigenvalue weighted by Crippen LogP contribution is 2.26. The zero-order chi connectivity index (χ0) is 15.1. The van der Waals surface area contributed by atoms with Crippen LogP contribution in [-0.2, 0) is 9.47 Å². The van der Waals surface area contributed by atoms with Gasteiger partial charge in [-0.25, -0.2) is 0 Å². The van der Waals surface area contributed by atoms with Crippen molar-refractivity contribution in [1.82, 2.24) is 0 Å². The first-order valence-corrected chi connectivity index (χ1v) is 6.85. The van der Waals surface area contributed by atoms with E-state index in [0.29, 0.717) is 0 Å². The molecule has 6 nitrogen and oxygen atoms in total. The van der Waals surface area contributed by atoms with Gasteiger partial charge in [0.25, 0.3) is 0 Å². The molecular formula is C14H19FN4O2. The minimum absolute atomic E-state index is 0.579. The minimum Gasteiger partial charge on any atom is -0.378 e. The number of azide groups is 1. The Bertz CT molecular complexity index is 484. The van der Waals surface area contributed by atoms with E-state index in [1.54, 1.807) is 0 Å². The van der Waals surface area contributed by atoms with Gasteiger partial charge in [0.2, 0.25) is 0 Å². The smallest absolute Gasteiger partial charge is 0.101 e. The number of ether oxygens (including phenoxy) is 2. The molecule has 0 radical (unpaired) electrons. The summed E-state index contributed by atoms with van der Waals surface area (Å²) >= 11 is 0. The first kappa shape index (κ1) is 15.6. The van der Waals surface area contributed by atoms with E-state index in [0.717, 1.165) is 37.6 Å². The van der Waals surface area contributed by atoms with Crippen molar-refractivity contribution in [3.8, 4) is 0 Å². The maximum absolute atomic E-state index is 13.0. The number of hydrogen-bond acceptors (Lipinski definition) is 4. The number of benzene rings is 1. The van der Waals surface area contributed by atoms with Crippen molar-refractivity contribution in [2.75, 3.05) is 45.0 Å². The highest BCUT2D eigenvalue weighted by Gasteiger charge is 2.22. The predicted octanol–water partition coefficient (Wildman–Crippen LogP) is 2.86. The lowest BCUT2D eigenvalue weighted by Crippen LogP contribution is -2.36. The fraction of sp³-hybridized carbons (Fsp3) is 0.571. The van der Waals surface area contributed by atoms with Crippen molar-refractivity contribution < 1.29 is 13.9 Å². The molecule has 2 atom stereocenters. The van der Waals surface area contributed by atoms with Gasteiger partial charge in [-0.1, -0.05) is 17.2 Å². The van der Waals surface area contributed by atoms with Crippen molar-refractivity contribution >= 4 is 5.69 Å². The van der Waals surface area contributed by atoms with Crippen molar-refractivity contribution in [3.63, 3.8) is 0 Å². The zero-order valence-electron chi connectivity index (χ0n) is 12.0. The van der Waals surface area contributed by atoms with Crippen molar-refractivity contribution in [1.29, 1.82) is 0 Å². The molecule has 1 aromatic carbocycles. The number of morpholine rings is 1. The van der Waals surface area contributed by atoms with E-state index in [-0.39, 0.29) is 0 Å². The Balaban J connectivity index is 2.13. The van der Waals surface area contributed by atoms with Crippen LogP contribution in [0.2, 0.25) is 0 Å². The molecule has 0 spiro atoms. The third-order valence-corrected chi connectivity index (χ3v) is 3.56. The summed E-state index contributed by atoms with van der Waals surface area (Å²) in [4.78, 5) is 4.91. The van der Waals surface area contributed by atoms with E-state index in [2.05, 4.69) is 14.9 Å². The topological polar surface area (TPSA) is 70.5 Å². The standard InChI is InChI=1S/C14H19FN4O2/c1-20-14(13(10-15)17-18-16)11-2-4-12(5-3-11)19-6-8-21-9-7-19/h2-5,13-14H,6-10H2,1H3/t13-,14-/m1/s1. The van der Waals surface area contributed by atoms with E-state index >= 15 is 0 Å². The van der Waals surface area contributed by atoms with Gasteiger partial charge in [0.05, 0.1) is 25.4 Å². The molecule has 0 bridgehead atoms. The zero-order valence-corrected chi connectivity index (χ0v) is 12.0. The monoisotopic (exact) mass is 294 g/mol. The summed E-state index contributed by atoms with van der Waals surface area (Å²) in [5.41, 5.74) is 10.4. The van der Waals surface area contributed by atoms with Crippen molar-refractivity contribution in [2.45, 2.75) is 12.1 Å². The van der Waals surface area contributed by atoms with Gasteiger partial charge in [0.1, 0.15) is 6.67 Å². The maximum atomic E-state index is 13.0. The summed E-state index contributed by atoms with van der Waals surface area (Å²) in [5.74, 6) is 0. The number of anilines is 1. The molecule has 2 rings (SSSR count). The Morgan fingerprint density at radius 3 is 2.57 bits per heavy atom. The second kappa shape index (κ2) is 7.83. The summed E-state index contributed by atoms with van der Waals surface area (Å²) in [6.07, 6.45) is -0.579. The highest BCUT2D eigenvalue weighted by molar-refractivity contribution is 5.48. The summed E-state index contributed by atoms with van der Waals surface area (Å²) in [7, 11) is 1.48. The first-order valence-electron chi connectivity index (χ1n) is 6.85. The lowest BCUT2D eigenvalue weighted by atomic mass is 10.0. The van der Waals surface area contributed by atoms with Gasteiger partial charge in [-0.2, -0.15) is 0 Å². The molecular weight excluding hydrogens is 275 g/mol. The lowest BCUT2D eigenvalue weighted by molar-refractivity contribution is 0.0722. The van der Waals surface area contributed by atoms with E-state index in [1.807, 2.05) is 24.3 Å². The molecule has 21 heavy (non-hydrogen) atoms. The van der Waals surface area contributed by atoms with Crippen molar-refractivity contribution in [2.24, 2.45) is 5.11 Å². The fourth-order valence-electron chi connectivity index (χ4n) is 2.45. The van der Waals surface area contributed by atoms with E-state index in [4.69, 9.17) is 15.0 Å². The normalized spacial score (nSPS) is 17.9. The summed E-state index contributed by atoms with van der Waals surface area (Å²) < 4.78 is 23.6. The highest BCUT2D eigenvalue weighted by atomic mass is 19.1. The number of methoxy groups -OCH3 is 1. The molecule has 114 valence electrons. The third-order valence-electron chi connectivity index (χ3n) is 3.56. The Labute approximate surface area is 123 Å². The number of rotatable bonds is 6. The second-order valence-corrected chi connectivity index (χ2v) is 4.77. The van der Waals surface area contributed by atoms with Crippen LogP contribution in [0.3, 0.4) is 0 Å². The molecule has 0 unspecified atom stereocenters. The van der Waals surface area contributed by atoms with Crippen LogP contribution < -0.4 is 4.90 Å². The van der Waals surface area contributed by atoms with Crippen LogP contribution in [0.15, 0.2) is 29.4 Å².